The Kier molecular flexibility index (Phi) is 4.15. The number of imide groups is 1. The average molecular weight is 419 g/mol. The summed E-state index contributed by atoms with van der Waals surface area (Å²) < 4.78 is 13.3. The van der Waals surface area contributed by atoms with Crippen molar-refractivity contribution in [1.82, 2.24) is 9.47 Å². The molecular weight excluding hydrogens is 406 g/mol. The summed E-state index contributed by atoms with van der Waals surface area (Å²) in [7, 11) is 0. The largest absolute Gasteiger partial charge is 0.454 e. The predicted octanol–water partition coefficient (Wildman–Crippen LogP) is 1.79. The molecule has 5 rings (SSSR count). The predicted molar refractivity (Wildman–Crippen MR) is 107 cm³/mol. The van der Waals surface area contributed by atoms with E-state index in [-0.39, 0.29) is 24.5 Å². The maximum atomic E-state index is 12.6. The lowest BCUT2D eigenvalue weighted by atomic mass is 10.1. The van der Waals surface area contributed by atoms with E-state index in [1.165, 1.54) is 11.3 Å². The van der Waals surface area contributed by atoms with Gasteiger partial charge in [-0.05, 0) is 12.1 Å². The summed E-state index contributed by atoms with van der Waals surface area (Å²) in [5, 5.41) is 0. The van der Waals surface area contributed by atoms with E-state index in [4.69, 9.17) is 15.9 Å². The molecule has 1 aromatic heterocycles. The van der Waals surface area contributed by atoms with E-state index in [9.17, 15) is 14.4 Å². The van der Waals surface area contributed by atoms with Crippen LogP contribution >= 0.6 is 11.3 Å². The molecule has 0 unspecified atom stereocenters. The lowest BCUT2D eigenvalue weighted by Crippen LogP contribution is -2.35. The van der Waals surface area contributed by atoms with E-state index in [1.54, 1.807) is 34.9 Å². The first-order valence-electron chi connectivity index (χ1n) is 8.96. The summed E-state index contributed by atoms with van der Waals surface area (Å²) in [5.74, 6) is 2.13. The smallest absolute Gasteiger partial charge is 0.268 e. The number of nitrogens with zero attached hydrogens (tertiary/aromatic N) is 3. The van der Waals surface area contributed by atoms with E-state index in [1.807, 2.05) is 6.07 Å². The number of hydrogen-bond acceptors (Lipinski definition) is 6. The minimum atomic E-state index is -0.623. The molecule has 2 aliphatic heterocycles. The van der Waals surface area contributed by atoms with Crippen molar-refractivity contribution in [3.05, 3.63) is 52.3 Å². The van der Waals surface area contributed by atoms with Gasteiger partial charge in [0, 0.05) is 12.1 Å². The molecule has 3 heterocycles. The molecule has 30 heavy (non-hydrogen) atoms. The first kappa shape index (κ1) is 18.1. The number of aromatic nitrogens is 1. The van der Waals surface area contributed by atoms with Crippen LogP contribution < -0.4 is 14.3 Å². The number of ether oxygens (including phenoxy) is 2. The van der Waals surface area contributed by atoms with Crippen LogP contribution in [0.1, 0.15) is 20.7 Å². The molecule has 9 heteroatoms. The van der Waals surface area contributed by atoms with Crippen LogP contribution in [0.3, 0.4) is 0 Å². The number of terminal acetylenes is 1. The van der Waals surface area contributed by atoms with Gasteiger partial charge in [0.15, 0.2) is 16.3 Å². The molecule has 0 spiro atoms. The first-order chi connectivity index (χ1) is 14.6. The molecule has 0 aliphatic carbocycles. The average Bonchev–Trinajstić information content (AvgIpc) is 3.39. The van der Waals surface area contributed by atoms with E-state index in [0.29, 0.717) is 16.3 Å². The van der Waals surface area contributed by atoms with Crippen molar-refractivity contribution in [2.75, 3.05) is 13.3 Å². The summed E-state index contributed by atoms with van der Waals surface area (Å²) in [5.41, 5.74) is 1.33. The van der Waals surface area contributed by atoms with E-state index in [2.05, 4.69) is 10.9 Å². The van der Waals surface area contributed by atoms with Gasteiger partial charge in [-0.3, -0.25) is 19.3 Å². The molecule has 8 nitrogen and oxygen atoms in total. The summed E-state index contributed by atoms with van der Waals surface area (Å²) >= 11 is 1.26. The normalized spacial score (nSPS) is 15.0. The highest BCUT2D eigenvalue weighted by atomic mass is 32.1. The molecule has 148 valence electrons. The highest BCUT2D eigenvalue weighted by molar-refractivity contribution is 7.16. The van der Waals surface area contributed by atoms with E-state index < -0.39 is 24.3 Å². The minimum Gasteiger partial charge on any atom is -0.454 e. The Bertz CT molecular complexity index is 1330. The fraction of sp³-hybridized carbons (Fsp3) is 0.143. The number of amides is 3. The second kappa shape index (κ2) is 6.86. The molecule has 3 amide bonds. The number of fused-ring (bicyclic) bond motifs is 3. The van der Waals surface area contributed by atoms with Crippen molar-refractivity contribution in [2.45, 2.75) is 6.54 Å². The fourth-order valence-corrected chi connectivity index (χ4v) is 4.51. The maximum Gasteiger partial charge on any atom is 0.268 e. The van der Waals surface area contributed by atoms with Gasteiger partial charge in [-0.15, -0.1) is 6.42 Å². The zero-order chi connectivity index (χ0) is 20.8. The Morgan fingerprint density at radius 2 is 1.80 bits per heavy atom. The van der Waals surface area contributed by atoms with Crippen molar-refractivity contribution in [1.29, 1.82) is 0 Å². The van der Waals surface area contributed by atoms with Crippen LogP contribution in [0, 0.1) is 12.3 Å². The topological polar surface area (TPSA) is 90.2 Å². The van der Waals surface area contributed by atoms with Gasteiger partial charge in [-0.2, -0.15) is 4.99 Å². The highest BCUT2D eigenvalue weighted by Crippen LogP contribution is 2.37. The first-order valence-corrected chi connectivity index (χ1v) is 9.77. The van der Waals surface area contributed by atoms with Gasteiger partial charge >= 0.3 is 0 Å². The number of rotatable bonds is 3. The Hall–Kier alpha value is -3.90. The van der Waals surface area contributed by atoms with Gasteiger partial charge in [0.25, 0.3) is 17.7 Å². The van der Waals surface area contributed by atoms with Crippen LogP contribution in [-0.4, -0.2) is 40.5 Å². The van der Waals surface area contributed by atoms with Gasteiger partial charge < -0.3 is 14.0 Å². The van der Waals surface area contributed by atoms with Crippen molar-refractivity contribution in [2.24, 2.45) is 4.99 Å². The molecule has 2 aromatic carbocycles. The Labute approximate surface area is 174 Å². The van der Waals surface area contributed by atoms with Crippen molar-refractivity contribution in [3.63, 3.8) is 0 Å². The molecule has 0 N–H and O–H groups in total. The van der Waals surface area contributed by atoms with Gasteiger partial charge in [0.2, 0.25) is 6.79 Å². The number of thiazole rings is 1. The van der Waals surface area contributed by atoms with Crippen molar-refractivity contribution in [3.8, 4) is 23.8 Å². The number of carbonyl (C=O) groups is 3. The van der Waals surface area contributed by atoms with Crippen LogP contribution in [0.15, 0.2) is 41.4 Å². The fourth-order valence-electron chi connectivity index (χ4n) is 3.45. The summed E-state index contributed by atoms with van der Waals surface area (Å²) in [6, 6.07) is 10.1. The molecule has 0 radical (unpaired) electrons. The lowest BCUT2D eigenvalue weighted by molar-refractivity contribution is -0.118. The molecule has 0 fully saturated rings. The monoisotopic (exact) mass is 419 g/mol. The number of benzene rings is 2. The number of carbonyl (C=O) groups excluding carboxylic acids is 3. The van der Waals surface area contributed by atoms with Gasteiger partial charge in [0.05, 0.1) is 27.9 Å². The molecule has 0 atom stereocenters. The maximum absolute atomic E-state index is 12.6. The molecular formula is C21H13N3O5S. The zero-order valence-electron chi connectivity index (χ0n) is 15.5. The van der Waals surface area contributed by atoms with Crippen molar-refractivity contribution < 1.29 is 23.9 Å². The van der Waals surface area contributed by atoms with Crippen molar-refractivity contribution >= 4 is 39.3 Å². The molecule has 0 saturated carbocycles. The summed E-state index contributed by atoms with van der Waals surface area (Å²) in [4.78, 5) is 43.0. The Morgan fingerprint density at radius 3 is 2.47 bits per heavy atom. The third kappa shape index (κ3) is 2.77. The van der Waals surface area contributed by atoms with E-state index in [0.717, 1.165) is 15.1 Å². The number of hydrogen-bond donors (Lipinski definition) is 0. The third-order valence-electron chi connectivity index (χ3n) is 4.82. The molecule has 0 bridgehead atoms. The third-order valence-corrected chi connectivity index (χ3v) is 5.86. The minimum absolute atomic E-state index is 0.151. The van der Waals surface area contributed by atoms with Crippen LogP contribution in [0.25, 0.3) is 10.2 Å². The van der Waals surface area contributed by atoms with Crippen LogP contribution in [0.5, 0.6) is 11.5 Å². The van der Waals surface area contributed by atoms with Crippen LogP contribution in [-0.2, 0) is 11.3 Å². The van der Waals surface area contributed by atoms with E-state index >= 15 is 0 Å². The summed E-state index contributed by atoms with van der Waals surface area (Å²) in [6.07, 6.45) is 5.49. The van der Waals surface area contributed by atoms with Gasteiger partial charge in [0.1, 0.15) is 6.54 Å². The summed E-state index contributed by atoms with van der Waals surface area (Å²) in [6.45, 7) is -0.101. The molecule has 3 aromatic rings. The highest BCUT2D eigenvalue weighted by Gasteiger charge is 2.36. The zero-order valence-corrected chi connectivity index (χ0v) is 16.3. The SMILES string of the molecule is C#CCn1c(=NC(=O)CN2C(=O)c3ccccc3C2=O)sc2cc3c(cc21)OCO3. The molecule has 0 saturated heterocycles. The van der Waals surface area contributed by atoms with Gasteiger partial charge in [-0.25, -0.2) is 0 Å². The van der Waals surface area contributed by atoms with Crippen LogP contribution in [0.4, 0.5) is 0 Å². The molecule has 2 aliphatic rings. The Morgan fingerprint density at radius 1 is 1.13 bits per heavy atom. The quantitative estimate of drug-likeness (QED) is 0.477. The van der Waals surface area contributed by atoms with Gasteiger partial charge in [-0.1, -0.05) is 29.4 Å². The standard InChI is InChI=1S/C21H13N3O5S/c1-2-7-23-14-8-15-16(29-11-28-15)9-17(14)30-21(23)22-18(25)10-24-19(26)12-5-3-4-6-13(12)20(24)27/h1,3-6,8-9H,7,10-11H2. The Balaban J connectivity index is 1.50. The second-order valence-electron chi connectivity index (χ2n) is 6.60. The lowest BCUT2D eigenvalue weighted by Gasteiger charge is -2.10. The van der Waals surface area contributed by atoms with Crippen LogP contribution in [0.2, 0.25) is 0 Å². The second-order valence-corrected chi connectivity index (χ2v) is 7.60.